The van der Waals surface area contributed by atoms with Crippen molar-refractivity contribution in [2.75, 3.05) is 14.2 Å². The highest BCUT2D eigenvalue weighted by molar-refractivity contribution is 5.01. The third kappa shape index (κ3) is 1.75. The normalized spacial score (nSPS) is 13.4. The first-order chi connectivity index (χ1) is 5.65. The maximum absolute atomic E-state index is 9.05. The zero-order valence-corrected chi connectivity index (χ0v) is 7.31. The van der Waals surface area contributed by atoms with E-state index in [2.05, 4.69) is 4.98 Å². The van der Waals surface area contributed by atoms with E-state index < -0.39 is 0 Å². The lowest BCUT2D eigenvalue weighted by molar-refractivity contribution is -0.105. The Balaban J connectivity index is 2.74. The molecule has 0 aliphatic carbocycles. The Morgan fingerprint density at radius 1 is 1.75 bits per heavy atom. The van der Waals surface area contributed by atoms with Crippen molar-refractivity contribution in [2.24, 2.45) is 0 Å². The van der Waals surface area contributed by atoms with Gasteiger partial charge in [0.1, 0.15) is 12.2 Å². The van der Waals surface area contributed by atoms with Gasteiger partial charge in [0.25, 0.3) is 0 Å². The maximum atomic E-state index is 9.05. The van der Waals surface area contributed by atoms with E-state index in [0.717, 1.165) is 5.06 Å². The summed E-state index contributed by atoms with van der Waals surface area (Å²) in [5.41, 5.74) is 0. The molecule has 0 fully saturated rings. The quantitative estimate of drug-likeness (QED) is 0.691. The lowest BCUT2D eigenvalue weighted by Crippen LogP contribution is -2.17. The first-order valence-corrected chi connectivity index (χ1v) is 3.56. The monoisotopic (exact) mass is 172 g/mol. The molecule has 0 aliphatic rings. The molecule has 0 bridgehead atoms. The summed E-state index contributed by atoms with van der Waals surface area (Å²) >= 11 is 0. The molecule has 12 heavy (non-hydrogen) atoms. The molecule has 68 valence electrons. The Morgan fingerprint density at radius 3 is 2.83 bits per heavy atom. The van der Waals surface area contributed by atoms with Gasteiger partial charge in [0.2, 0.25) is 5.89 Å². The summed E-state index contributed by atoms with van der Waals surface area (Å²) in [5, 5.41) is 10.1. The van der Waals surface area contributed by atoms with Crippen LogP contribution < -0.4 is 4.74 Å². The molecule has 0 aliphatic heterocycles. The molecule has 0 saturated carbocycles. The Morgan fingerprint density at radius 2 is 2.42 bits per heavy atom. The second kappa shape index (κ2) is 3.55. The Kier molecular flexibility index (Phi) is 2.67. The molecular weight excluding hydrogens is 160 g/mol. The minimum Gasteiger partial charge on any atom is -0.467 e. The number of hydrogen-bond acceptors (Lipinski definition) is 5. The Bertz CT molecular complexity index is 247. The average molecular weight is 172 g/mol. The number of hydrogen-bond donors (Lipinski definition) is 1. The van der Waals surface area contributed by atoms with E-state index in [0.29, 0.717) is 11.8 Å². The summed E-state index contributed by atoms with van der Waals surface area (Å²) in [7, 11) is 3.03. The van der Waals surface area contributed by atoms with Gasteiger partial charge in [0.15, 0.2) is 0 Å². The highest BCUT2D eigenvalue weighted by Gasteiger charge is 2.15. The zero-order valence-electron chi connectivity index (χ0n) is 7.31. The molecule has 1 atom stereocenters. The number of methoxy groups -OCH3 is 1. The Hall–Kier alpha value is -1.07. The number of hydroxylamine groups is 2. The van der Waals surface area contributed by atoms with Gasteiger partial charge < -0.3 is 14.4 Å². The van der Waals surface area contributed by atoms with Crippen LogP contribution in [0.2, 0.25) is 0 Å². The summed E-state index contributed by atoms with van der Waals surface area (Å²) in [6, 6.07) is -0.270. The van der Waals surface area contributed by atoms with Crippen LogP contribution in [0.25, 0.3) is 0 Å². The summed E-state index contributed by atoms with van der Waals surface area (Å²) < 4.78 is 9.92. The van der Waals surface area contributed by atoms with Crippen molar-refractivity contribution in [3.8, 4) is 5.95 Å². The molecule has 1 rings (SSSR count). The molecule has 0 saturated heterocycles. The predicted octanol–water partition coefficient (Wildman–Crippen LogP) is 1.07. The summed E-state index contributed by atoms with van der Waals surface area (Å²) in [4.78, 5) is 3.91. The molecule has 0 radical (unpaired) electrons. The van der Waals surface area contributed by atoms with E-state index in [1.54, 1.807) is 6.92 Å². The second-order valence-electron chi connectivity index (χ2n) is 2.47. The minimum absolute atomic E-state index is 0.270. The Labute approximate surface area is 70.5 Å². The van der Waals surface area contributed by atoms with Gasteiger partial charge in [-0.2, -0.15) is 5.06 Å². The van der Waals surface area contributed by atoms with Crippen molar-refractivity contribution in [3.63, 3.8) is 0 Å². The van der Waals surface area contributed by atoms with Crippen LogP contribution in [0.5, 0.6) is 5.95 Å². The first-order valence-electron chi connectivity index (χ1n) is 3.56. The van der Waals surface area contributed by atoms with Crippen molar-refractivity contribution in [1.29, 1.82) is 0 Å². The van der Waals surface area contributed by atoms with Crippen molar-refractivity contribution in [1.82, 2.24) is 10.0 Å². The van der Waals surface area contributed by atoms with E-state index in [4.69, 9.17) is 14.4 Å². The first kappa shape index (κ1) is 9.02. The van der Waals surface area contributed by atoms with Gasteiger partial charge in [-0.15, -0.1) is 0 Å². The lowest BCUT2D eigenvalue weighted by atomic mass is 10.3. The molecular formula is C7H12N2O3. The van der Waals surface area contributed by atoms with Crippen LogP contribution in [0.3, 0.4) is 0 Å². The minimum atomic E-state index is -0.270. The third-order valence-corrected chi connectivity index (χ3v) is 1.62. The molecule has 5 nitrogen and oxygen atoms in total. The van der Waals surface area contributed by atoms with Crippen molar-refractivity contribution >= 4 is 0 Å². The molecule has 1 aromatic rings. The number of rotatable bonds is 3. The summed E-state index contributed by atoms with van der Waals surface area (Å²) in [5.74, 6) is 0.774. The fourth-order valence-electron chi connectivity index (χ4n) is 0.719. The van der Waals surface area contributed by atoms with Crippen LogP contribution >= 0.6 is 0 Å². The predicted molar refractivity (Wildman–Crippen MR) is 41.0 cm³/mol. The van der Waals surface area contributed by atoms with Crippen molar-refractivity contribution in [2.45, 2.75) is 13.0 Å². The van der Waals surface area contributed by atoms with E-state index in [-0.39, 0.29) is 6.04 Å². The highest BCUT2D eigenvalue weighted by Crippen LogP contribution is 2.20. The molecule has 1 heterocycles. The summed E-state index contributed by atoms with van der Waals surface area (Å²) in [6.45, 7) is 1.77. The largest absolute Gasteiger partial charge is 0.467 e. The fraction of sp³-hybridized carbons (Fsp3) is 0.571. The lowest BCUT2D eigenvalue weighted by Gasteiger charge is -2.13. The molecule has 1 aromatic heterocycles. The summed E-state index contributed by atoms with van der Waals surface area (Å²) in [6.07, 6.45) is 1.47. The van der Waals surface area contributed by atoms with Gasteiger partial charge in [-0.05, 0) is 6.92 Å². The smallest absolute Gasteiger partial charge is 0.304 e. The van der Waals surface area contributed by atoms with Gasteiger partial charge in [-0.3, -0.25) is 0 Å². The van der Waals surface area contributed by atoms with E-state index in [1.807, 2.05) is 0 Å². The van der Waals surface area contributed by atoms with Gasteiger partial charge >= 0.3 is 5.95 Å². The van der Waals surface area contributed by atoms with Gasteiger partial charge in [0, 0.05) is 7.05 Å². The van der Waals surface area contributed by atoms with Gasteiger partial charge in [0.05, 0.1) is 7.11 Å². The fourth-order valence-corrected chi connectivity index (χ4v) is 0.719. The second-order valence-corrected chi connectivity index (χ2v) is 2.47. The van der Waals surface area contributed by atoms with Crippen LogP contribution in [-0.2, 0) is 0 Å². The molecule has 0 amide bonds. The number of nitrogens with zero attached hydrogens (tertiary/aromatic N) is 2. The maximum Gasteiger partial charge on any atom is 0.304 e. The molecule has 5 heteroatoms. The van der Waals surface area contributed by atoms with Crippen LogP contribution in [0, 0.1) is 0 Å². The highest BCUT2D eigenvalue weighted by atomic mass is 16.6. The molecule has 0 aromatic carbocycles. The van der Waals surface area contributed by atoms with Crippen LogP contribution in [-0.4, -0.2) is 29.4 Å². The van der Waals surface area contributed by atoms with Crippen molar-refractivity contribution < 1.29 is 14.4 Å². The van der Waals surface area contributed by atoms with E-state index in [1.165, 1.54) is 20.4 Å². The number of ether oxygens (including phenoxy) is 1. The molecule has 1 N–H and O–H groups in total. The SMILES string of the molecule is COc1cnc(C(C)N(C)O)o1. The van der Waals surface area contributed by atoms with Gasteiger partial charge in [-0.1, -0.05) is 0 Å². The molecule has 0 spiro atoms. The molecule has 1 unspecified atom stereocenters. The van der Waals surface area contributed by atoms with E-state index >= 15 is 0 Å². The van der Waals surface area contributed by atoms with Gasteiger partial charge in [-0.25, -0.2) is 4.98 Å². The topological polar surface area (TPSA) is 58.7 Å². The standard InChI is InChI=1S/C7H12N2O3/c1-5(9(2)10)7-8-4-6(11-3)12-7/h4-5,10H,1-3H3. The third-order valence-electron chi connectivity index (χ3n) is 1.62. The van der Waals surface area contributed by atoms with Crippen LogP contribution in [0.1, 0.15) is 18.9 Å². The number of oxazole rings is 1. The average Bonchev–Trinajstić information content (AvgIpc) is 2.50. The van der Waals surface area contributed by atoms with Crippen LogP contribution in [0.4, 0.5) is 0 Å². The van der Waals surface area contributed by atoms with Crippen molar-refractivity contribution in [3.05, 3.63) is 12.1 Å². The van der Waals surface area contributed by atoms with E-state index in [9.17, 15) is 0 Å². The van der Waals surface area contributed by atoms with Crippen LogP contribution in [0.15, 0.2) is 10.6 Å². The zero-order chi connectivity index (χ0) is 9.14. The number of aromatic nitrogens is 1.